The van der Waals surface area contributed by atoms with Crippen LogP contribution in [-0.2, 0) is 6.42 Å². The van der Waals surface area contributed by atoms with Crippen LogP contribution < -0.4 is 10.1 Å². The fourth-order valence-corrected chi connectivity index (χ4v) is 2.18. The fourth-order valence-electron chi connectivity index (χ4n) is 2.18. The molecule has 1 N–H and O–H groups in total. The minimum atomic E-state index is 0.500. The molecule has 0 radical (unpaired) electrons. The minimum Gasteiger partial charge on any atom is -0.437 e. The van der Waals surface area contributed by atoms with E-state index in [9.17, 15) is 0 Å². The van der Waals surface area contributed by atoms with E-state index in [0.29, 0.717) is 11.4 Å². The van der Waals surface area contributed by atoms with Gasteiger partial charge in [-0.3, -0.25) is 0 Å². The molecule has 0 unspecified atom stereocenters. The number of aromatic nitrogens is 1. The number of nitriles is 1. The van der Waals surface area contributed by atoms with Gasteiger partial charge in [-0.2, -0.15) is 5.26 Å². The summed E-state index contributed by atoms with van der Waals surface area (Å²) >= 11 is 0. The number of pyridine rings is 1. The molecule has 0 fully saturated rings. The normalized spacial score (nSPS) is 13.0. The Morgan fingerprint density at radius 1 is 1.26 bits per heavy atom. The molecule has 1 aliphatic heterocycles. The summed E-state index contributed by atoms with van der Waals surface area (Å²) in [4.78, 5) is 4.12. The molecule has 94 valence electrons. The van der Waals surface area contributed by atoms with Crippen LogP contribution in [0.25, 0.3) is 0 Å². The first-order valence-corrected chi connectivity index (χ1v) is 6.26. The Bertz CT molecular complexity index is 629. The Hall–Kier alpha value is -2.54. The van der Waals surface area contributed by atoms with Crippen molar-refractivity contribution in [2.45, 2.75) is 12.8 Å². The van der Waals surface area contributed by atoms with Gasteiger partial charge in [-0.1, -0.05) is 12.1 Å². The van der Waals surface area contributed by atoms with Gasteiger partial charge >= 0.3 is 0 Å². The molecule has 3 rings (SSSR count). The SMILES string of the molecule is N#Cc1ccc(Oc2cccc3c2NCCC3)nc1. The van der Waals surface area contributed by atoms with Crippen molar-refractivity contribution in [3.05, 3.63) is 47.7 Å². The zero-order chi connectivity index (χ0) is 13.1. The molecule has 0 atom stereocenters. The number of hydrogen-bond acceptors (Lipinski definition) is 4. The minimum absolute atomic E-state index is 0.500. The Morgan fingerprint density at radius 3 is 3.00 bits per heavy atom. The highest BCUT2D eigenvalue weighted by Crippen LogP contribution is 2.34. The van der Waals surface area contributed by atoms with E-state index in [1.54, 1.807) is 12.1 Å². The van der Waals surface area contributed by atoms with Crippen LogP contribution >= 0.6 is 0 Å². The summed E-state index contributed by atoms with van der Waals surface area (Å²) in [5, 5.41) is 12.1. The number of hydrogen-bond donors (Lipinski definition) is 1. The van der Waals surface area contributed by atoms with E-state index in [-0.39, 0.29) is 0 Å². The van der Waals surface area contributed by atoms with Crippen molar-refractivity contribution >= 4 is 5.69 Å². The molecule has 1 aromatic carbocycles. The third-order valence-electron chi connectivity index (χ3n) is 3.12. The maximum Gasteiger partial charge on any atom is 0.219 e. The highest BCUT2D eigenvalue weighted by atomic mass is 16.5. The van der Waals surface area contributed by atoms with Crippen LogP contribution in [0.2, 0.25) is 0 Å². The number of aryl methyl sites for hydroxylation is 1. The summed E-state index contributed by atoms with van der Waals surface area (Å²) in [6.45, 7) is 0.966. The van der Waals surface area contributed by atoms with Crippen molar-refractivity contribution in [3.63, 3.8) is 0 Å². The molecular formula is C15H13N3O. The Morgan fingerprint density at radius 2 is 2.21 bits per heavy atom. The summed E-state index contributed by atoms with van der Waals surface area (Å²) in [5.74, 6) is 1.29. The molecule has 0 amide bonds. The van der Waals surface area contributed by atoms with Crippen LogP contribution in [0.5, 0.6) is 11.6 Å². The Balaban J connectivity index is 1.88. The first kappa shape index (κ1) is 11.5. The van der Waals surface area contributed by atoms with E-state index >= 15 is 0 Å². The summed E-state index contributed by atoms with van der Waals surface area (Å²) in [6, 6.07) is 11.5. The summed E-state index contributed by atoms with van der Waals surface area (Å²) in [5.41, 5.74) is 2.86. The molecule has 19 heavy (non-hydrogen) atoms. The number of ether oxygens (including phenoxy) is 1. The second-order valence-corrected chi connectivity index (χ2v) is 4.42. The highest BCUT2D eigenvalue weighted by molar-refractivity contribution is 5.64. The largest absolute Gasteiger partial charge is 0.437 e. The van der Waals surface area contributed by atoms with E-state index in [1.807, 2.05) is 18.2 Å². The summed E-state index contributed by atoms with van der Waals surface area (Å²) < 4.78 is 5.79. The van der Waals surface area contributed by atoms with E-state index in [1.165, 1.54) is 11.8 Å². The Labute approximate surface area is 111 Å². The van der Waals surface area contributed by atoms with Gasteiger partial charge in [0.2, 0.25) is 5.88 Å². The maximum absolute atomic E-state index is 8.74. The number of anilines is 1. The Kier molecular flexibility index (Phi) is 3.03. The van der Waals surface area contributed by atoms with Crippen LogP contribution in [0.3, 0.4) is 0 Å². The van der Waals surface area contributed by atoms with Crippen molar-refractivity contribution in [3.8, 4) is 17.7 Å². The molecule has 0 spiro atoms. The third kappa shape index (κ3) is 2.36. The first-order valence-electron chi connectivity index (χ1n) is 6.26. The molecule has 2 aromatic rings. The van der Waals surface area contributed by atoms with Gasteiger partial charge in [0.15, 0.2) is 5.75 Å². The van der Waals surface area contributed by atoms with Gasteiger partial charge in [0.1, 0.15) is 6.07 Å². The summed E-state index contributed by atoms with van der Waals surface area (Å²) in [6.07, 6.45) is 3.73. The van der Waals surface area contributed by atoms with Crippen LogP contribution in [0, 0.1) is 11.3 Å². The van der Waals surface area contributed by atoms with Crippen LogP contribution in [0.4, 0.5) is 5.69 Å². The average molecular weight is 251 g/mol. The smallest absolute Gasteiger partial charge is 0.219 e. The molecule has 2 heterocycles. The monoisotopic (exact) mass is 251 g/mol. The van der Waals surface area contributed by atoms with E-state index < -0.39 is 0 Å². The number of fused-ring (bicyclic) bond motifs is 1. The van der Waals surface area contributed by atoms with Crippen LogP contribution in [0.1, 0.15) is 17.5 Å². The lowest BCUT2D eigenvalue weighted by Crippen LogP contribution is -2.12. The van der Waals surface area contributed by atoms with E-state index in [0.717, 1.165) is 30.8 Å². The van der Waals surface area contributed by atoms with Gasteiger partial charge in [-0.15, -0.1) is 0 Å². The van der Waals surface area contributed by atoms with Crippen molar-refractivity contribution in [1.29, 1.82) is 5.26 Å². The van der Waals surface area contributed by atoms with E-state index in [2.05, 4.69) is 16.4 Å². The fraction of sp³-hybridized carbons (Fsp3) is 0.200. The molecule has 0 saturated heterocycles. The summed E-state index contributed by atoms with van der Waals surface area (Å²) in [7, 11) is 0. The third-order valence-corrected chi connectivity index (χ3v) is 3.12. The molecule has 1 aliphatic rings. The zero-order valence-electron chi connectivity index (χ0n) is 10.4. The quantitative estimate of drug-likeness (QED) is 0.891. The lowest BCUT2D eigenvalue weighted by Gasteiger charge is -2.20. The number of benzene rings is 1. The number of nitrogens with one attached hydrogen (secondary N) is 1. The second-order valence-electron chi connectivity index (χ2n) is 4.42. The van der Waals surface area contributed by atoms with Crippen molar-refractivity contribution in [1.82, 2.24) is 4.98 Å². The lowest BCUT2D eigenvalue weighted by atomic mass is 10.0. The topological polar surface area (TPSA) is 57.9 Å². The predicted molar refractivity (Wildman–Crippen MR) is 72.3 cm³/mol. The highest BCUT2D eigenvalue weighted by Gasteiger charge is 2.13. The van der Waals surface area contributed by atoms with Gasteiger partial charge in [0.25, 0.3) is 0 Å². The second kappa shape index (κ2) is 4.99. The van der Waals surface area contributed by atoms with Gasteiger partial charge in [0.05, 0.1) is 11.3 Å². The van der Waals surface area contributed by atoms with Crippen molar-refractivity contribution in [2.75, 3.05) is 11.9 Å². The van der Waals surface area contributed by atoms with Gasteiger partial charge in [0, 0.05) is 18.8 Å². The van der Waals surface area contributed by atoms with Crippen molar-refractivity contribution < 1.29 is 4.74 Å². The molecule has 4 nitrogen and oxygen atoms in total. The molecule has 0 saturated carbocycles. The number of nitrogens with zero attached hydrogens (tertiary/aromatic N) is 2. The molecule has 4 heteroatoms. The average Bonchev–Trinajstić information content (AvgIpc) is 2.48. The van der Waals surface area contributed by atoms with Gasteiger partial charge in [-0.05, 0) is 30.5 Å². The molecule has 0 aliphatic carbocycles. The van der Waals surface area contributed by atoms with Crippen molar-refractivity contribution in [2.24, 2.45) is 0 Å². The number of para-hydroxylation sites is 1. The van der Waals surface area contributed by atoms with Crippen LogP contribution in [-0.4, -0.2) is 11.5 Å². The zero-order valence-corrected chi connectivity index (χ0v) is 10.4. The molecular weight excluding hydrogens is 238 g/mol. The standard InChI is InChI=1S/C15H13N3O/c16-9-11-6-7-14(18-10-11)19-13-5-1-3-12-4-2-8-17-15(12)13/h1,3,5-7,10,17H,2,4,8H2. The molecule has 0 bridgehead atoms. The van der Waals surface area contributed by atoms with E-state index in [4.69, 9.17) is 10.00 Å². The maximum atomic E-state index is 8.74. The number of rotatable bonds is 2. The predicted octanol–water partition coefficient (Wildman–Crippen LogP) is 3.10. The van der Waals surface area contributed by atoms with Gasteiger partial charge in [-0.25, -0.2) is 4.98 Å². The van der Waals surface area contributed by atoms with Crippen LogP contribution in [0.15, 0.2) is 36.5 Å². The first-order chi connectivity index (χ1) is 9.36. The lowest BCUT2D eigenvalue weighted by molar-refractivity contribution is 0.463. The van der Waals surface area contributed by atoms with Gasteiger partial charge < -0.3 is 10.1 Å². The molecule has 1 aromatic heterocycles.